The zero-order valence-corrected chi connectivity index (χ0v) is 22.6. The molecule has 4 heteroatoms. The molecule has 0 heterocycles. The molecule has 0 aliphatic carbocycles. The molecule has 0 aromatic rings. The third kappa shape index (κ3) is 15.7. The van der Waals surface area contributed by atoms with Gasteiger partial charge in [0.2, 0.25) is 0 Å². The van der Waals surface area contributed by atoms with Crippen LogP contribution in [-0.2, 0) is 19.2 Å². The summed E-state index contributed by atoms with van der Waals surface area (Å²) in [6.45, 7) is 22.7. The molecular formula is C28H46O4. The van der Waals surface area contributed by atoms with E-state index in [4.69, 9.17) is 0 Å². The van der Waals surface area contributed by atoms with Gasteiger partial charge in [-0.15, -0.1) is 0 Å². The van der Waals surface area contributed by atoms with Crippen LogP contribution >= 0.6 is 0 Å². The van der Waals surface area contributed by atoms with Gasteiger partial charge in [-0.3, -0.25) is 19.2 Å². The Labute approximate surface area is 197 Å². The first kappa shape index (κ1) is 32.2. The number of carbonyl (C=O) groups excluding carboxylic acids is 4. The fourth-order valence-corrected chi connectivity index (χ4v) is 1.81. The van der Waals surface area contributed by atoms with Gasteiger partial charge in [0.05, 0.1) is 12.8 Å². The van der Waals surface area contributed by atoms with Gasteiger partial charge in [0.1, 0.15) is 23.1 Å². The van der Waals surface area contributed by atoms with E-state index in [1.54, 1.807) is 12.2 Å². The van der Waals surface area contributed by atoms with Crippen LogP contribution in [0.5, 0.6) is 0 Å². The molecule has 0 saturated carbocycles. The smallest absolute Gasteiger partial charge is 0.150 e. The standard InChI is InChI=1S/C14H24O2.C14H22O2/c2*1-13(2,3)11(15)9-7-8-10-12(16)14(4,5)6/h7-8H,9-10H2,1-6H3;9-10H2,1-6H3/b8-7+;. The summed E-state index contributed by atoms with van der Waals surface area (Å²) in [7, 11) is 0. The van der Waals surface area contributed by atoms with E-state index in [0.29, 0.717) is 12.8 Å². The van der Waals surface area contributed by atoms with Crippen molar-refractivity contribution >= 4 is 23.1 Å². The van der Waals surface area contributed by atoms with Crippen LogP contribution in [-0.4, -0.2) is 23.1 Å². The van der Waals surface area contributed by atoms with Crippen LogP contribution in [0.2, 0.25) is 0 Å². The van der Waals surface area contributed by atoms with Crippen molar-refractivity contribution in [2.45, 2.75) is 109 Å². The van der Waals surface area contributed by atoms with Crippen molar-refractivity contribution in [2.24, 2.45) is 21.7 Å². The van der Waals surface area contributed by atoms with E-state index >= 15 is 0 Å². The number of Topliss-reactive ketones (excluding diaryl/α,β-unsaturated/α-hetero) is 4. The van der Waals surface area contributed by atoms with E-state index in [9.17, 15) is 19.2 Å². The molecular weight excluding hydrogens is 400 g/mol. The van der Waals surface area contributed by atoms with Crippen molar-refractivity contribution in [1.82, 2.24) is 0 Å². The maximum absolute atomic E-state index is 11.6. The van der Waals surface area contributed by atoms with Crippen molar-refractivity contribution < 1.29 is 19.2 Å². The topological polar surface area (TPSA) is 68.3 Å². The lowest BCUT2D eigenvalue weighted by atomic mass is 9.87. The number of carbonyl (C=O) groups is 4. The predicted molar refractivity (Wildman–Crippen MR) is 133 cm³/mol. The zero-order chi connectivity index (χ0) is 26.0. The minimum atomic E-state index is -0.345. The Balaban J connectivity index is 0. The first-order chi connectivity index (χ1) is 14.1. The summed E-state index contributed by atoms with van der Waals surface area (Å²) in [4.78, 5) is 46.2. The number of hydrogen-bond donors (Lipinski definition) is 0. The van der Waals surface area contributed by atoms with E-state index < -0.39 is 0 Å². The van der Waals surface area contributed by atoms with Crippen molar-refractivity contribution in [3.8, 4) is 11.8 Å². The molecule has 0 atom stereocenters. The average molecular weight is 447 g/mol. The lowest BCUT2D eigenvalue weighted by molar-refractivity contribution is -0.126. The molecule has 0 aliphatic heterocycles. The Kier molecular flexibility index (Phi) is 12.9. The molecule has 0 aromatic carbocycles. The summed E-state index contributed by atoms with van der Waals surface area (Å²) in [6, 6.07) is 0. The molecule has 4 nitrogen and oxygen atoms in total. The molecule has 0 spiro atoms. The lowest BCUT2D eigenvalue weighted by Gasteiger charge is -2.15. The monoisotopic (exact) mass is 446 g/mol. The summed E-state index contributed by atoms with van der Waals surface area (Å²) in [6.07, 6.45) is 4.91. The fourth-order valence-electron chi connectivity index (χ4n) is 1.81. The lowest BCUT2D eigenvalue weighted by Crippen LogP contribution is -2.20. The van der Waals surface area contributed by atoms with Crippen LogP contribution in [0.4, 0.5) is 0 Å². The molecule has 0 aliphatic rings. The van der Waals surface area contributed by atoms with Gasteiger partial charge in [-0.1, -0.05) is 107 Å². The van der Waals surface area contributed by atoms with Crippen LogP contribution in [0.1, 0.15) is 109 Å². The molecule has 0 amide bonds. The fraction of sp³-hybridized carbons (Fsp3) is 0.714. The summed E-state index contributed by atoms with van der Waals surface area (Å²) >= 11 is 0. The average Bonchev–Trinajstić information content (AvgIpc) is 2.58. The molecule has 32 heavy (non-hydrogen) atoms. The molecule has 0 radical (unpaired) electrons. The van der Waals surface area contributed by atoms with Crippen LogP contribution in [0.3, 0.4) is 0 Å². The Morgan fingerprint density at radius 2 is 0.688 bits per heavy atom. The van der Waals surface area contributed by atoms with Gasteiger partial charge >= 0.3 is 0 Å². The maximum Gasteiger partial charge on any atom is 0.150 e. The quantitative estimate of drug-likeness (QED) is 0.342. The first-order valence-corrected chi connectivity index (χ1v) is 11.3. The van der Waals surface area contributed by atoms with Crippen molar-refractivity contribution in [1.29, 1.82) is 0 Å². The minimum Gasteiger partial charge on any atom is -0.299 e. The van der Waals surface area contributed by atoms with E-state index in [-0.39, 0.29) is 57.6 Å². The van der Waals surface area contributed by atoms with E-state index in [1.807, 2.05) is 83.1 Å². The number of allylic oxidation sites excluding steroid dienone is 2. The Morgan fingerprint density at radius 1 is 0.469 bits per heavy atom. The zero-order valence-electron chi connectivity index (χ0n) is 22.6. The highest BCUT2D eigenvalue weighted by molar-refractivity contribution is 5.88. The summed E-state index contributed by atoms with van der Waals surface area (Å²) in [5.41, 5.74) is -1.28. The molecule has 0 bridgehead atoms. The highest BCUT2D eigenvalue weighted by atomic mass is 16.1. The summed E-state index contributed by atoms with van der Waals surface area (Å²) < 4.78 is 0. The second kappa shape index (κ2) is 12.9. The van der Waals surface area contributed by atoms with E-state index in [0.717, 1.165) is 0 Å². The van der Waals surface area contributed by atoms with Crippen LogP contribution in [0, 0.1) is 33.5 Å². The van der Waals surface area contributed by atoms with E-state index in [2.05, 4.69) is 11.8 Å². The largest absolute Gasteiger partial charge is 0.299 e. The number of rotatable bonds is 6. The van der Waals surface area contributed by atoms with Gasteiger partial charge in [0, 0.05) is 34.5 Å². The normalized spacial score (nSPS) is 12.4. The summed E-state index contributed by atoms with van der Waals surface area (Å²) in [5, 5.41) is 0. The third-order valence-electron chi connectivity index (χ3n) is 4.74. The van der Waals surface area contributed by atoms with Crippen LogP contribution in [0.15, 0.2) is 12.2 Å². The molecule has 182 valence electrons. The molecule has 0 saturated heterocycles. The molecule has 0 N–H and O–H groups in total. The van der Waals surface area contributed by atoms with E-state index in [1.165, 1.54) is 0 Å². The Bertz CT molecular complexity index is 681. The van der Waals surface area contributed by atoms with Gasteiger partial charge in [-0.25, -0.2) is 0 Å². The predicted octanol–water partition coefficient (Wildman–Crippen LogP) is 6.55. The van der Waals surface area contributed by atoms with Crippen LogP contribution in [0.25, 0.3) is 0 Å². The van der Waals surface area contributed by atoms with Gasteiger partial charge in [-0.05, 0) is 0 Å². The highest BCUT2D eigenvalue weighted by Gasteiger charge is 2.22. The van der Waals surface area contributed by atoms with Gasteiger partial charge in [-0.2, -0.15) is 0 Å². The molecule has 0 rings (SSSR count). The first-order valence-electron chi connectivity index (χ1n) is 11.3. The number of ketones is 4. The molecule has 0 aromatic heterocycles. The van der Waals surface area contributed by atoms with Crippen LogP contribution < -0.4 is 0 Å². The van der Waals surface area contributed by atoms with Gasteiger partial charge in [0.25, 0.3) is 0 Å². The maximum atomic E-state index is 11.6. The summed E-state index contributed by atoms with van der Waals surface area (Å²) in [5.74, 6) is 6.18. The van der Waals surface area contributed by atoms with Gasteiger partial charge < -0.3 is 0 Å². The van der Waals surface area contributed by atoms with Crippen molar-refractivity contribution in [3.63, 3.8) is 0 Å². The second-order valence-electron chi connectivity index (χ2n) is 12.3. The number of hydrogen-bond acceptors (Lipinski definition) is 4. The van der Waals surface area contributed by atoms with Crippen molar-refractivity contribution in [3.05, 3.63) is 12.2 Å². The highest BCUT2D eigenvalue weighted by Crippen LogP contribution is 2.19. The molecule has 0 fully saturated rings. The molecule has 0 unspecified atom stereocenters. The third-order valence-corrected chi connectivity index (χ3v) is 4.74. The Hall–Kier alpha value is -2.02. The minimum absolute atomic E-state index is 0.114. The SMILES string of the molecule is CC(C)(C)C(=O)C/C=C/CC(=O)C(C)(C)C.CC(C)(C)C(=O)CC#CCC(=O)C(C)(C)C. The van der Waals surface area contributed by atoms with Crippen molar-refractivity contribution in [2.75, 3.05) is 0 Å². The van der Waals surface area contributed by atoms with Gasteiger partial charge in [0.15, 0.2) is 0 Å². The second-order valence-corrected chi connectivity index (χ2v) is 12.3. The Morgan fingerprint density at radius 3 is 0.875 bits per heavy atom.